The lowest BCUT2D eigenvalue weighted by atomic mass is 10.1. The highest BCUT2D eigenvalue weighted by molar-refractivity contribution is 14.0. The molecular formula is C18H32IN5O4. The van der Waals surface area contributed by atoms with E-state index in [2.05, 4.69) is 26.3 Å². The van der Waals surface area contributed by atoms with Gasteiger partial charge in [-0.3, -0.25) is 9.79 Å². The first-order valence-electron chi connectivity index (χ1n) is 8.75. The predicted octanol–water partition coefficient (Wildman–Crippen LogP) is 1.98. The zero-order chi connectivity index (χ0) is 20.5. The fourth-order valence-corrected chi connectivity index (χ4v) is 1.97. The van der Waals surface area contributed by atoms with Gasteiger partial charge >= 0.3 is 6.09 Å². The van der Waals surface area contributed by atoms with Gasteiger partial charge in [-0.05, 0) is 46.8 Å². The van der Waals surface area contributed by atoms with Crippen LogP contribution in [0.1, 0.15) is 40.4 Å². The van der Waals surface area contributed by atoms with E-state index in [-0.39, 0.29) is 36.4 Å². The average Bonchev–Trinajstić information content (AvgIpc) is 3.04. The number of guanidine groups is 1. The lowest BCUT2D eigenvalue weighted by Crippen LogP contribution is -2.54. The average molecular weight is 509 g/mol. The summed E-state index contributed by atoms with van der Waals surface area (Å²) >= 11 is 0. The number of ether oxygens (including phenoxy) is 1. The smallest absolute Gasteiger partial charge is 0.408 e. The molecule has 0 atom stereocenters. The zero-order valence-corrected chi connectivity index (χ0v) is 19.7. The van der Waals surface area contributed by atoms with Gasteiger partial charge in [-0.2, -0.15) is 0 Å². The molecule has 0 aromatic carbocycles. The van der Waals surface area contributed by atoms with Crippen LogP contribution in [-0.4, -0.2) is 49.2 Å². The highest BCUT2D eigenvalue weighted by Gasteiger charge is 2.24. The van der Waals surface area contributed by atoms with Crippen LogP contribution in [0.5, 0.6) is 0 Å². The van der Waals surface area contributed by atoms with Crippen LogP contribution in [0.3, 0.4) is 0 Å². The van der Waals surface area contributed by atoms with Crippen LogP contribution in [-0.2, 0) is 16.1 Å². The summed E-state index contributed by atoms with van der Waals surface area (Å²) in [7, 11) is 1.60. The molecule has 0 saturated heterocycles. The van der Waals surface area contributed by atoms with Crippen molar-refractivity contribution in [2.45, 2.75) is 52.3 Å². The van der Waals surface area contributed by atoms with Gasteiger partial charge in [-0.1, -0.05) is 0 Å². The molecule has 1 heterocycles. The van der Waals surface area contributed by atoms with Crippen molar-refractivity contribution >= 4 is 41.9 Å². The Balaban J connectivity index is 0.00000729. The predicted molar refractivity (Wildman–Crippen MR) is 119 cm³/mol. The molecule has 0 radical (unpaired) electrons. The van der Waals surface area contributed by atoms with Crippen LogP contribution in [0.4, 0.5) is 4.79 Å². The lowest BCUT2D eigenvalue weighted by Gasteiger charge is -2.29. The maximum Gasteiger partial charge on any atom is 0.408 e. The normalized spacial score (nSPS) is 11.9. The summed E-state index contributed by atoms with van der Waals surface area (Å²) in [6.07, 6.45) is 1.06. The molecule has 0 saturated carbocycles. The second-order valence-electron chi connectivity index (χ2n) is 7.65. The number of furan rings is 1. The van der Waals surface area contributed by atoms with Gasteiger partial charge < -0.3 is 30.4 Å². The van der Waals surface area contributed by atoms with Gasteiger partial charge in [0.15, 0.2) is 5.96 Å². The summed E-state index contributed by atoms with van der Waals surface area (Å²) in [5.41, 5.74) is -1.14. The third-order valence-corrected chi connectivity index (χ3v) is 3.22. The number of nitrogens with one attached hydrogen (secondary N) is 4. The maximum absolute atomic E-state index is 11.9. The molecule has 10 heteroatoms. The van der Waals surface area contributed by atoms with Crippen molar-refractivity contribution in [3.05, 3.63) is 24.2 Å². The maximum atomic E-state index is 11.9. The SMILES string of the molecule is CN=C(NCC(=O)NCc1ccco1)NCC(C)(C)NC(=O)OC(C)(C)C.I. The molecule has 1 aromatic heterocycles. The molecule has 28 heavy (non-hydrogen) atoms. The number of amides is 2. The monoisotopic (exact) mass is 509 g/mol. The Labute approximate surface area is 183 Å². The number of aliphatic imine (C=N–C) groups is 1. The number of halogens is 1. The molecule has 0 aliphatic heterocycles. The van der Waals surface area contributed by atoms with E-state index in [0.717, 1.165) is 0 Å². The van der Waals surface area contributed by atoms with Gasteiger partial charge in [0.2, 0.25) is 5.91 Å². The zero-order valence-electron chi connectivity index (χ0n) is 17.3. The Kier molecular flexibility index (Phi) is 10.9. The second-order valence-corrected chi connectivity index (χ2v) is 7.65. The fraction of sp³-hybridized carbons (Fsp3) is 0.611. The van der Waals surface area contributed by atoms with Crippen molar-refractivity contribution in [3.8, 4) is 0 Å². The Bertz CT molecular complexity index is 639. The summed E-state index contributed by atoms with van der Waals surface area (Å²) < 4.78 is 10.4. The van der Waals surface area contributed by atoms with Crippen molar-refractivity contribution in [2.75, 3.05) is 20.1 Å². The molecule has 0 fully saturated rings. The van der Waals surface area contributed by atoms with Gasteiger partial charge in [-0.25, -0.2) is 4.79 Å². The molecule has 4 N–H and O–H groups in total. The van der Waals surface area contributed by atoms with E-state index >= 15 is 0 Å². The second kappa shape index (κ2) is 11.8. The summed E-state index contributed by atoms with van der Waals surface area (Å²) in [4.78, 5) is 27.8. The number of rotatable bonds is 7. The van der Waals surface area contributed by atoms with E-state index in [9.17, 15) is 9.59 Å². The van der Waals surface area contributed by atoms with Crippen LogP contribution >= 0.6 is 24.0 Å². The minimum Gasteiger partial charge on any atom is -0.467 e. The Hall–Kier alpha value is -1.98. The fourth-order valence-electron chi connectivity index (χ4n) is 1.97. The summed E-state index contributed by atoms with van der Waals surface area (Å²) in [5, 5.41) is 11.5. The van der Waals surface area contributed by atoms with Crippen molar-refractivity contribution in [2.24, 2.45) is 4.99 Å². The van der Waals surface area contributed by atoms with Gasteiger partial charge in [0.1, 0.15) is 11.4 Å². The Morgan fingerprint density at radius 2 is 1.82 bits per heavy atom. The first-order valence-corrected chi connectivity index (χ1v) is 8.75. The highest BCUT2D eigenvalue weighted by atomic mass is 127. The number of carbonyl (C=O) groups is 2. The number of hydrogen-bond acceptors (Lipinski definition) is 5. The number of alkyl carbamates (subject to hydrolysis) is 1. The van der Waals surface area contributed by atoms with E-state index in [1.165, 1.54) is 0 Å². The van der Waals surface area contributed by atoms with Crippen molar-refractivity contribution in [1.82, 2.24) is 21.3 Å². The third-order valence-electron chi connectivity index (χ3n) is 3.22. The minimum absolute atomic E-state index is 0. The molecule has 2 amide bonds. The molecule has 0 spiro atoms. The van der Waals surface area contributed by atoms with Crippen LogP contribution in [0.2, 0.25) is 0 Å². The quantitative estimate of drug-likeness (QED) is 0.254. The van der Waals surface area contributed by atoms with Crippen LogP contribution < -0.4 is 21.3 Å². The van der Waals surface area contributed by atoms with E-state index in [1.807, 2.05) is 13.8 Å². The molecule has 1 aromatic rings. The van der Waals surface area contributed by atoms with E-state index in [1.54, 1.807) is 46.2 Å². The molecule has 0 aliphatic rings. The van der Waals surface area contributed by atoms with Crippen molar-refractivity contribution in [1.29, 1.82) is 0 Å². The molecule has 1 rings (SSSR count). The minimum atomic E-state index is -0.582. The van der Waals surface area contributed by atoms with Gasteiger partial charge in [0.05, 0.1) is 24.9 Å². The molecule has 9 nitrogen and oxygen atoms in total. The van der Waals surface area contributed by atoms with Crippen molar-refractivity contribution < 1.29 is 18.7 Å². The lowest BCUT2D eigenvalue weighted by molar-refractivity contribution is -0.120. The number of carbonyl (C=O) groups excluding carboxylic acids is 2. The first kappa shape index (κ1) is 26.0. The largest absolute Gasteiger partial charge is 0.467 e. The standard InChI is InChI=1S/C18H31N5O4.HI/c1-17(2,3)27-16(25)23-18(4,5)12-22-15(19-6)21-11-14(24)20-10-13-8-7-9-26-13;/h7-9H,10-12H2,1-6H3,(H,20,24)(H,23,25)(H2,19,21,22);1H. The van der Waals surface area contributed by atoms with Crippen LogP contribution in [0.15, 0.2) is 27.8 Å². The molecule has 0 unspecified atom stereocenters. The number of hydrogen-bond donors (Lipinski definition) is 4. The topological polar surface area (TPSA) is 117 Å². The molecule has 0 bridgehead atoms. The Morgan fingerprint density at radius 1 is 1.14 bits per heavy atom. The van der Waals surface area contributed by atoms with E-state index in [0.29, 0.717) is 24.8 Å². The number of nitrogens with zero attached hydrogens (tertiary/aromatic N) is 1. The Morgan fingerprint density at radius 3 is 2.36 bits per heavy atom. The van der Waals surface area contributed by atoms with Crippen LogP contribution in [0, 0.1) is 0 Å². The van der Waals surface area contributed by atoms with Crippen LogP contribution in [0.25, 0.3) is 0 Å². The van der Waals surface area contributed by atoms with Gasteiger partial charge in [-0.15, -0.1) is 24.0 Å². The van der Waals surface area contributed by atoms with E-state index < -0.39 is 17.2 Å². The molecule has 160 valence electrons. The molecular weight excluding hydrogens is 477 g/mol. The first-order chi connectivity index (χ1) is 12.5. The van der Waals surface area contributed by atoms with Gasteiger partial charge in [0.25, 0.3) is 0 Å². The summed E-state index contributed by atoms with van der Waals surface area (Å²) in [6, 6.07) is 3.55. The third kappa shape index (κ3) is 11.7. The van der Waals surface area contributed by atoms with Crippen molar-refractivity contribution in [3.63, 3.8) is 0 Å². The summed E-state index contributed by atoms with van der Waals surface area (Å²) in [5.74, 6) is 0.934. The van der Waals surface area contributed by atoms with E-state index in [4.69, 9.17) is 9.15 Å². The summed E-state index contributed by atoms with van der Waals surface area (Å²) in [6.45, 7) is 9.90. The molecule has 0 aliphatic carbocycles. The van der Waals surface area contributed by atoms with Gasteiger partial charge in [0, 0.05) is 13.6 Å². The highest BCUT2D eigenvalue weighted by Crippen LogP contribution is 2.09.